The molecule has 3 aliphatic carbocycles. The molecule has 1 nitrogen and oxygen atoms in total. The van der Waals surface area contributed by atoms with Crippen LogP contribution in [0.5, 0.6) is 0 Å². The van der Waals surface area contributed by atoms with E-state index in [1.165, 1.54) is 0 Å². The lowest BCUT2D eigenvalue weighted by Gasteiger charge is -2.49. The largest absolute Gasteiger partial charge is 0.320 e. The van der Waals surface area contributed by atoms with Crippen LogP contribution in [0.1, 0.15) is 32.1 Å². The van der Waals surface area contributed by atoms with Crippen LogP contribution < -0.4 is 5.73 Å². The standard InChI is InChI=1S/C8H13F2N/c9-8(10)5-6-1-3-7(8,11)4-2-6/h6H,1-5,11H2. The predicted molar refractivity (Wildman–Crippen MR) is 38.4 cm³/mol. The molecule has 3 aliphatic rings. The number of nitrogens with two attached hydrogens (primary N) is 1. The maximum Gasteiger partial charge on any atom is 0.265 e. The van der Waals surface area contributed by atoms with Crippen LogP contribution >= 0.6 is 0 Å². The Morgan fingerprint density at radius 1 is 1.18 bits per heavy atom. The zero-order chi connectivity index (χ0) is 8.11. The molecule has 3 heteroatoms. The summed E-state index contributed by atoms with van der Waals surface area (Å²) in [5.74, 6) is -2.34. The Labute approximate surface area is 65.0 Å². The molecule has 3 fully saturated rings. The van der Waals surface area contributed by atoms with Crippen LogP contribution in [-0.2, 0) is 0 Å². The van der Waals surface area contributed by atoms with Crippen LogP contribution in [-0.4, -0.2) is 11.5 Å². The van der Waals surface area contributed by atoms with Crippen molar-refractivity contribution in [3.05, 3.63) is 0 Å². The van der Waals surface area contributed by atoms with E-state index in [-0.39, 0.29) is 12.3 Å². The Hall–Kier alpha value is -0.180. The van der Waals surface area contributed by atoms with Gasteiger partial charge in [-0.1, -0.05) is 0 Å². The molecular formula is C8H13F2N. The van der Waals surface area contributed by atoms with E-state index in [2.05, 4.69) is 0 Å². The van der Waals surface area contributed by atoms with Gasteiger partial charge in [-0.05, 0) is 31.6 Å². The van der Waals surface area contributed by atoms with Crippen molar-refractivity contribution in [3.8, 4) is 0 Å². The lowest BCUT2D eigenvalue weighted by molar-refractivity contribution is -0.145. The third-order valence-corrected chi connectivity index (χ3v) is 3.27. The molecule has 2 N–H and O–H groups in total. The van der Waals surface area contributed by atoms with E-state index >= 15 is 0 Å². The summed E-state index contributed by atoms with van der Waals surface area (Å²) in [6.07, 6.45) is 2.89. The summed E-state index contributed by atoms with van der Waals surface area (Å²) < 4.78 is 26.3. The van der Waals surface area contributed by atoms with Crippen molar-refractivity contribution < 1.29 is 8.78 Å². The molecule has 0 aromatic rings. The summed E-state index contributed by atoms with van der Waals surface area (Å²) in [7, 11) is 0. The molecule has 2 bridgehead atoms. The van der Waals surface area contributed by atoms with Gasteiger partial charge in [-0.25, -0.2) is 8.78 Å². The molecule has 3 saturated carbocycles. The van der Waals surface area contributed by atoms with Crippen molar-refractivity contribution >= 4 is 0 Å². The molecule has 0 aliphatic heterocycles. The highest BCUT2D eigenvalue weighted by Gasteiger charge is 2.57. The SMILES string of the molecule is NC12CCC(CC1)CC2(F)F. The van der Waals surface area contributed by atoms with E-state index in [1.54, 1.807) is 0 Å². The highest BCUT2D eigenvalue weighted by molar-refractivity contribution is 5.06. The number of halogens is 2. The van der Waals surface area contributed by atoms with Crippen LogP contribution in [0.15, 0.2) is 0 Å². The molecule has 0 aromatic heterocycles. The first-order valence-electron chi connectivity index (χ1n) is 4.20. The van der Waals surface area contributed by atoms with Crippen molar-refractivity contribution in [2.75, 3.05) is 0 Å². The lowest BCUT2D eigenvalue weighted by Crippen LogP contribution is -2.62. The zero-order valence-electron chi connectivity index (χ0n) is 6.45. The third-order valence-electron chi connectivity index (χ3n) is 3.27. The van der Waals surface area contributed by atoms with Gasteiger partial charge in [0, 0.05) is 6.42 Å². The minimum absolute atomic E-state index is 0.0312. The van der Waals surface area contributed by atoms with Crippen molar-refractivity contribution in [1.29, 1.82) is 0 Å². The Bertz CT molecular complexity index is 171. The highest BCUT2D eigenvalue weighted by Crippen LogP contribution is 2.51. The fraction of sp³-hybridized carbons (Fsp3) is 1.00. The van der Waals surface area contributed by atoms with E-state index in [1.807, 2.05) is 0 Å². The number of alkyl halides is 2. The molecule has 11 heavy (non-hydrogen) atoms. The average molecular weight is 161 g/mol. The molecule has 3 rings (SSSR count). The van der Waals surface area contributed by atoms with E-state index in [0.717, 1.165) is 12.8 Å². The smallest absolute Gasteiger partial charge is 0.265 e. The van der Waals surface area contributed by atoms with Crippen LogP contribution in [0.25, 0.3) is 0 Å². The van der Waals surface area contributed by atoms with Crippen molar-refractivity contribution in [3.63, 3.8) is 0 Å². The molecule has 0 radical (unpaired) electrons. The first-order chi connectivity index (χ1) is 5.04. The molecule has 0 aromatic carbocycles. The Kier molecular flexibility index (Phi) is 1.32. The van der Waals surface area contributed by atoms with Gasteiger partial charge in [-0.15, -0.1) is 0 Å². The van der Waals surface area contributed by atoms with Crippen LogP contribution in [0.3, 0.4) is 0 Å². The summed E-state index contributed by atoms with van der Waals surface area (Å²) in [6, 6.07) is 0. The van der Waals surface area contributed by atoms with E-state index in [4.69, 9.17) is 5.73 Å². The fourth-order valence-electron chi connectivity index (χ4n) is 2.33. The minimum atomic E-state index is -2.59. The zero-order valence-corrected chi connectivity index (χ0v) is 6.45. The Morgan fingerprint density at radius 2 is 1.73 bits per heavy atom. The Balaban J connectivity index is 2.27. The van der Waals surface area contributed by atoms with E-state index < -0.39 is 11.5 Å². The number of hydrogen-bond donors (Lipinski definition) is 1. The Morgan fingerprint density at radius 3 is 2.00 bits per heavy atom. The lowest BCUT2D eigenvalue weighted by atomic mass is 9.64. The molecule has 0 saturated heterocycles. The highest BCUT2D eigenvalue weighted by atomic mass is 19.3. The molecule has 0 spiro atoms. The van der Waals surface area contributed by atoms with E-state index in [0.29, 0.717) is 12.8 Å². The predicted octanol–water partition coefficient (Wildman–Crippen LogP) is 1.91. The second-order valence-electron chi connectivity index (χ2n) is 4.01. The van der Waals surface area contributed by atoms with Gasteiger partial charge >= 0.3 is 0 Å². The van der Waals surface area contributed by atoms with Crippen molar-refractivity contribution in [2.45, 2.75) is 43.6 Å². The second kappa shape index (κ2) is 1.94. The summed E-state index contributed by atoms with van der Waals surface area (Å²) in [4.78, 5) is 0. The summed E-state index contributed by atoms with van der Waals surface area (Å²) >= 11 is 0. The van der Waals surface area contributed by atoms with Crippen LogP contribution in [0.2, 0.25) is 0 Å². The van der Waals surface area contributed by atoms with Gasteiger partial charge in [-0.3, -0.25) is 0 Å². The molecule has 0 amide bonds. The molecule has 64 valence electrons. The normalized spacial score (nSPS) is 47.7. The molecule has 0 atom stereocenters. The second-order valence-corrected chi connectivity index (χ2v) is 4.01. The van der Waals surface area contributed by atoms with Gasteiger partial charge < -0.3 is 5.73 Å². The van der Waals surface area contributed by atoms with Gasteiger partial charge in [0.05, 0.1) is 5.54 Å². The topological polar surface area (TPSA) is 26.0 Å². The van der Waals surface area contributed by atoms with Crippen molar-refractivity contribution in [2.24, 2.45) is 11.7 Å². The number of rotatable bonds is 0. The fourth-order valence-corrected chi connectivity index (χ4v) is 2.33. The number of hydrogen-bond acceptors (Lipinski definition) is 1. The van der Waals surface area contributed by atoms with Gasteiger partial charge in [0.2, 0.25) is 0 Å². The summed E-state index contributed by atoms with van der Waals surface area (Å²) in [6.45, 7) is 0. The van der Waals surface area contributed by atoms with Gasteiger partial charge in [-0.2, -0.15) is 0 Å². The monoisotopic (exact) mass is 161 g/mol. The number of fused-ring (bicyclic) bond motifs is 3. The molecule has 0 unspecified atom stereocenters. The molecule has 0 heterocycles. The van der Waals surface area contributed by atoms with Crippen molar-refractivity contribution in [1.82, 2.24) is 0 Å². The summed E-state index contributed by atoms with van der Waals surface area (Å²) in [5, 5.41) is 0. The summed E-state index contributed by atoms with van der Waals surface area (Å²) in [5.41, 5.74) is 4.47. The van der Waals surface area contributed by atoms with Crippen LogP contribution in [0, 0.1) is 5.92 Å². The molecular weight excluding hydrogens is 148 g/mol. The quantitative estimate of drug-likeness (QED) is 0.577. The van der Waals surface area contributed by atoms with Gasteiger partial charge in [0.15, 0.2) is 0 Å². The maximum atomic E-state index is 13.2. The maximum absolute atomic E-state index is 13.2. The van der Waals surface area contributed by atoms with Gasteiger partial charge in [0.1, 0.15) is 0 Å². The minimum Gasteiger partial charge on any atom is -0.320 e. The van der Waals surface area contributed by atoms with E-state index in [9.17, 15) is 8.78 Å². The average Bonchev–Trinajstić information content (AvgIpc) is 1.91. The van der Waals surface area contributed by atoms with Crippen LogP contribution in [0.4, 0.5) is 8.78 Å². The van der Waals surface area contributed by atoms with Gasteiger partial charge in [0.25, 0.3) is 5.92 Å². The third kappa shape index (κ3) is 0.901. The first-order valence-corrected chi connectivity index (χ1v) is 4.20. The first kappa shape index (κ1) is 7.47.